The zero-order valence-electron chi connectivity index (χ0n) is 16.7. The van der Waals surface area contributed by atoms with Gasteiger partial charge in [0.05, 0.1) is 34.4 Å². The number of anilines is 1. The molecule has 0 spiro atoms. The van der Waals surface area contributed by atoms with Crippen molar-refractivity contribution in [1.29, 1.82) is 0 Å². The van der Waals surface area contributed by atoms with E-state index in [9.17, 15) is 18.0 Å². The Morgan fingerprint density at radius 3 is 2.59 bits per heavy atom. The van der Waals surface area contributed by atoms with Crippen LogP contribution >= 0.6 is 11.6 Å². The number of nitrogens with zero attached hydrogens (tertiary/aromatic N) is 2. The molecule has 1 amide bonds. The fourth-order valence-electron chi connectivity index (χ4n) is 3.23. The number of hydrogen-bond donors (Lipinski definition) is 2. The van der Waals surface area contributed by atoms with E-state index in [1.807, 2.05) is 0 Å². The molecule has 1 fully saturated rings. The minimum Gasteiger partial charge on any atom is -0.379 e. The van der Waals surface area contributed by atoms with E-state index in [-0.39, 0.29) is 34.1 Å². The SMILES string of the molecule is O=C(Nc1cccc(-c2ccc(=O)[nH]n2)c1)c1cc(S(=O)(=O)N2CCOCC2)ccc1Cl. The van der Waals surface area contributed by atoms with Crippen LogP contribution in [0.4, 0.5) is 5.69 Å². The number of morpholine rings is 1. The zero-order valence-corrected chi connectivity index (χ0v) is 18.3. The first-order chi connectivity index (χ1) is 15.3. The van der Waals surface area contributed by atoms with Gasteiger partial charge in [0.15, 0.2) is 0 Å². The van der Waals surface area contributed by atoms with Crippen molar-refractivity contribution in [3.63, 3.8) is 0 Å². The number of amides is 1. The Morgan fingerprint density at radius 1 is 1.09 bits per heavy atom. The van der Waals surface area contributed by atoms with Gasteiger partial charge in [-0.15, -0.1) is 0 Å². The standard InChI is InChI=1S/C21H19ClN4O5S/c22-18-5-4-16(32(29,30)26-8-10-31-11-9-26)13-17(18)21(28)23-15-3-1-2-14(12-15)19-6-7-20(27)25-24-19/h1-7,12-13H,8-11H2,(H,23,28)(H,25,27). The summed E-state index contributed by atoms with van der Waals surface area (Å²) in [4.78, 5) is 24.1. The van der Waals surface area contributed by atoms with Crippen molar-refractivity contribution in [3.8, 4) is 11.3 Å². The molecular weight excluding hydrogens is 456 g/mol. The molecule has 2 heterocycles. The van der Waals surface area contributed by atoms with E-state index < -0.39 is 15.9 Å². The second-order valence-corrected chi connectivity index (χ2v) is 9.34. The number of carbonyl (C=O) groups excluding carboxylic acids is 1. The van der Waals surface area contributed by atoms with Crippen LogP contribution in [-0.2, 0) is 14.8 Å². The number of benzene rings is 2. The number of halogens is 1. The third-order valence-electron chi connectivity index (χ3n) is 4.89. The molecule has 1 aliphatic heterocycles. The van der Waals surface area contributed by atoms with E-state index in [4.69, 9.17) is 16.3 Å². The third kappa shape index (κ3) is 4.73. The first kappa shape index (κ1) is 22.2. The van der Waals surface area contributed by atoms with Crippen molar-refractivity contribution in [1.82, 2.24) is 14.5 Å². The zero-order chi connectivity index (χ0) is 22.7. The topological polar surface area (TPSA) is 121 Å². The van der Waals surface area contributed by atoms with Gasteiger partial charge in [-0.3, -0.25) is 9.59 Å². The summed E-state index contributed by atoms with van der Waals surface area (Å²) in [6, 6.07) is 13.8. The summed E-state index contributed by atoms with van der Waals surface area (Å²) in [6.07, 6.45) is 0. The molecule has 0 radical (unpaired) electrons. The fraction of sp³-hybridized carbons (Fsp3) is 0.190. The molecule has 32 heavy (non-hydrogen) atoms. The minimum absolute atomic E-state index is 0.0138. The van der Waals surface area contributed by atoms with Crippen LogP contribution in [0.1, 0.15) is 10.4 Å². The second kappa shape index (κ2) is 9.21. The summed E-state index contributed by atoms with van der Waals surface area (Å²) in [5, 5.41) is 9.19. The predicted octanol–water partition coefficient (Wildman–Crippen LogP) is 2.36. The van der Waals surface area contributed by atoms with Crippen molar-refractivity contribution in [2.45, 2.75) is 4.90 Å². The number of aromatic nitrogens is 2. The maximum Gasteiger partial charge on any atom is 0.264 e. The first-order valence-corrected chi connectivity index (χ1v) is 11.5. The van der Waals surface area contributed by atoms with Crippen LogP contribution in [0.25, 0.3) is 11.3 Å². The summed E-state index contributed by atoms with van der Waals surface area (Å²) < 4.78 is 32.4. The third-order valence-corrected chi connectivity index (χ3v) is 7.11. The van der Waals surface area contributed by atoms with Gasteiger partial charge in [-0.2, -0.15) is 9.40 Å². The van der Waals surface area contributed by atoms with Gasteiger partial charge in [-0.05, 0) is 36.4 Å². The van der Waals surface area contributed by atoms with Crippen molar-refractivity contribution < 1.29 is 17.9 Å². The van der Waals surface area contributed by atoms with Crippen molar-refractivity contribution in [2.24, 2.45) is 0 Å². The molecule has 4 rings (SSSR count). The molecule has 9 nitrogen and oxygen atoms in total. The van der Waals surface area contributed by atoms with Crippen LogP contribution in [0.15, 0.2) is 64.3 Å². The highest BCUT2D eigenvalue weighted by Crippen LogP contribution is 2.25. The van der Waals surface area contributed by atoms with E-state index in [2.05, 4.69) is 15.5 Å². The lowest BCUT2D eigenvalue weighted by Gasteiger charge is -2.26. The molecule has 166 valence electrons. The van der Waals surface area contributed by atoms with E-state index in [0.29, 0.717) is 30.2 Å². The monoisotopic (exact) mass is 474 g/mol. The number of H-pyrrole nitrogens is 1. The predicted molar refractivity (Wildman–Crippen MR) is 119 cm³/mol. The molecular formula is C21H19ClN4O5S. The van der Waals surface area contributed by atoms with Crippen LogP contribution < -0.4 is 10.9 Å². The molecule has 11 heteroatoms. The number of nitrogens with one attached hydrogen (secondary N) is 2. The number of rotatable bonds is 5. The highest BCUT2D eigenvalue weighted by Gasteiger charge is 2.27. The van der Waals surface area contributed by atoms with E-state index in [1.54, 1.807) is 30.3 Å². The van der Waals surface area contributed by atoms with Gasteiger partial charge < -0.3 is 10.1 Å². The Kier molecular flexibility index (Phi) is 6.38. The number of ether oxygens (including phenoxy) is 1. The van der Waals surface area contributed by atoms with Crippen LogP contribution in [0.2, 0.25) is 5.02 Å². The van der Waals surface area contributed by atoms with Gasteiger partial charge >= 0.3 is 0 Å². The van der Waals surface area contributed by atoms with Crippen LogP contribution in [0.5, 0.6) is 0 Å². The van der Waals surface area contributed by atoms with Gasteiger partial charge in [0.25, 0.3) is 11.5 Å². The molecule has 0 saturated carbocycles. The van der Waals surface area contributed by atoms with E-state index in [1.165, 1.54) is 28.6 Å². The Bertz CT molecular complexity index is 1300. The molecule has 1 aliphatic rings. The Labute approximate surface area is 189 Å². The van der Waals surface area contributed by atoms with Crippen LogP contribution in [-0.4, -0.2) is 55.1 Å². The molecule has 2 N–H and O–H groups in total. The van der Waals surface area contributed by atoms with Gasteiger partial charge in [-0.25, -0.2) is 13.5 Å². The van der Waals surface area contributed by atoms with Gasteiger partial charge in [0.1, 0.15) is 0 Å². The maximum atomic E-state index is 12.9. The van der Waals surface area contributed by atoms with E-state index in [0.717, 1.165) is 0 Å². The number of hydrogen-bond acceptors (Lipinski definition) is 6. The molecule has 0 bridgehead atoms. The highest BCUT2D eigenvalue weighted by atomic mass is 35.5. The molecule has 0 unspecified atom stereocenters. The molecule has 0 aliphatic carbocycles. The van der Waals surface area contributed by atoms with Crippen LogP contribution in [0, 0.1) is 0 Å². The summed E-state index contributed by atoms with van der Waals surface area (Å²) in [5.41, 5.74) is 1.37. The summed E-state index contributed by atoms with van der Waals surface area (Å²) in [7, 11) is -3.78. The Balaban J connectivity index is 1.59. The van der Waals surface area contributed by atoms with Gasteiger partial charge in [0, 0.05) is 30.4 Å². The summed E-state index contributed by atoms with van der Waals surface area (Å²) in [5.74, 6) is -0.555. The smallest absolute Gasteiger partial charge is 0.264 e. The second-order valence-electron chi connectivity index (χ2n) is 7.00. The first-order valence-electron chi connectivity index (χ1n) is 9.69. The molecule has 1 saturated heterocycles. The molecule has 2 aromatic carbocycles. The molecule has 1 aromatic heterocycles. The lowest BCUT2D eigenvalue weighted by atomic mass is 10.1. The van der Waals surface area contributed by atoms with Gasteiger partial charge in [0.2, 0.25) is 10.0 Å². The lowest BCUT2D eigenvalue weighted by molar-refractivity contribution is 0.0730. The Morgan fingerprint density at radius 2 is 1.88 bits per heavy atom. The number of carbonyl (C=O) groups is 1. The Hall–Kier alpha value is -3.05. The van der Waals surface area contributed by atoms with Crippen LogP contribution in [0.3, 0.4) is 0 Å². The summed E-state index contributed by atoms with van der Waals surface area (Å²) in [6.45, 7) is 1.14. The normalized spacial score (nSPS) is 14.8. The van der Waals surface area contributed by atoms with Crippen molar-refractivity contribution in [2.75, 3.05) is 31.6 Å². The highest BCUT2D eigenvalue weighted by molar-refractivity contribution is 7.89. The van der Waals surface area contributed by atoms with Gasteiger partial charge in [-0.1, -0.05) is 23.7 Å². The average Bonchev–Trinajstić information content (AvgIpc) is 2.80. The summed E-state index contributed by atoms with van der Waals surface area (Å²) >= 11 is 6.20. The van der Waals surface area contributed by atoms with E-state index >= 15 is 0 Å². The lowest BCUT2D eigenvalue weighted by Crippen LogP contribution is -2.40. The van der Waals surface area contributed by atoms with Crippen molar-refractivity contribution in [3.05, 3.63) is 75.5 Å². The maximum absolute atomic E-state index is 12.9. The number of aromatic amines is 1. The number of sulfonamides is 1. The molecule has 3 aromatic rings. The molecule has 0 atom stereocenters. The fourth-order valence-corrected chi connectivity index (χ4v) is 4.87. The van der Waals surface area contributed by atoms with Crippen molar-refractivity contribution >= 4 is 33.2 Å². The average molecular weight is 475 g/mol. The quantitative estimate of drug-likeness (QED) is 0.585. The largest absolute Gasteiger partial charge is 0.379 e. The minimum atomic E-state index is -3.78.